The Hall–Kier alpha value is -2.80. The number of aliphatic hydroxyl groups is 1. The van der Waals surface area contributed by atoms with Gasteiger partial charge in [-0.3, -0.25) is 9.93 Å². The number of carbonyl (C=O) groups excluding carboxylic acids is 1. The van der Waals surface area contributed by atoms with Crippen LogP contribution in [0.4, 0.5) is 11.4 Å². The van der Waals surface area contributed by atoms with Crippen molar-refractivity contribution in [3.05, 3.63) is 89.5 Å². The zero-order chi connectivity index (χ0) is 22.1. The Labute approximate surface area is 193 Å². The van der Waals surface area contributed by atoms with E-state index in [1.165, 1.54) is 24.9 Å². The van der Waals surface area contributed by atoms with Crippen molar-refractivity contribution in [3.63, 3.8) is 0 Å². The Bertz CT molecular complexity index is 1110. The number of nitrogens with zero attached hydrogens (tertiary/aromatic N) is 2. The molecule has 0 aliphatic carbocycles. The SMILES string of the molecule is NSc1ccc(C2(O)C(=O)N(Cc3ccc(N4CCCCC4)cc3)c3ccccc32)cc1. The molecule has 5 rings (SSSR count). The highest BCUT2D eigenvalue weighted by Crippen LogP contribution is 2.45. The lowest BCUT2D eigenvalue weighted by molar-refractivity contribution is -0.132. The minimum atomic E-state index is -1.71. The molecule has 1 atom stereocenters. The van der Waals surface area contributed by atoms with Crippen molar-refractivity contribution in [1.82, 2.24) is 0 Å². The molecular weight excluding hydrogens is 418 g/mol. The Morgan fingerprint density at radius 1 is 0.906 bits per heavy atom. The van der Waals surface area contributed by atoms with Crippen molar-refractivity contribution in [2.24, 2.45) is 5.14 Å². The molecule has 3 aromatic rings. The van der Waals surface area contributed by atoms with E-state index in [-0.39, 0.29) is 5.91 Å². The first-order chi connectivity index (χ1) is 15.6. The second kappa shape index (κ2) is 8.62. The van der Waals surface area contributed by atoms with Gasteiger partial charge in [0, 0.05) is 29.2 Å². The van der Waals surface area contributed by atoms with Crippen molar-refractivity contribution in [3.8, 4) is 0 Å². The van der Waals surface area contributed by atoms with Gasteiger partial charge in [0.05, 0.1) is 12.2 Å². The number of nitrogens with two attached hydrogens (primary N) is 1. The zero-order valence-electron chi connectivity index (χ0n) is 17.9. The molecular formula is C26H27N3O2S. The van der Waals surface area contributed by atoms with Gasteiger partial charge in [0.2, 0.25) is 0 Å². The molecule has 1 saturated heterocycles. The second-order valence-corrected chi connectivity index (χ2v) is 9.18. The number of para-hydroxylation sites is 1. The van der Waals surface area contributed by atoms with E-state index in [2.05, 4.69) is 29.2 Å². The summed E-state index contributed by atoms with van der Waals surface area (Å²) < 4.78 is 0. The Balaban J connectivity index is 1.44. The summed E-state index contributed by atoms with van der Waals surface area (Å²) in [5.41, 5.74) is 2.47. The van der Waals surface area contributed by atoms with Crippen LogP contribution in [0.5, 0.6) is 0 Å². The van der Waals surface area contributed by atoms with Crippen molar-refractivity contribution >= 4 is 29.2 Å². The van der Waals surface area contributed by atoms with E-state index in [1.54, 1.807) is 17.0 Å². The van der Waals surface area contributed by atoms with Crippen LogP contribution in [0, 0.1) is 0 Å². The highest BCUT2D eigenvalue weighted by molar-refractivity contribution is 7.97. The highest BCUT2D eigenvalue weighted by atomic mass is 32.2. The summed E-state index contributed by atoms with van der Waals surface area (Å²) in [5.74, 6) is -0.327. The van der Waals surface area contributed by atoms with E-state index in [0.717, 1.165) is 41.2 Å². The molecule has 0 aromatic heterocycles. The lowest BCUT2D eigenvalue weighted by Gasteiger charge is -2.29. The molecule has 2 heterocycles. The molecule has 164 valence electrons. The first-order valence-corrected chi connectivity index (χ1v) is 11.9. The molecule has 3 N–H and O–H groups in total. The van der Waals surface area contributed by atoms with Crippen LogP contribution in [-0.2, 0) is 16.9 Å². The highest BCUT2D eigenvalue weighted by Gasteiger charge is 2.50. The van der Waals surface area contributed by atoms with Crippen LogP contribution in [0.25, 0.3) is 0 Å². The molecule has 0 radical (unpaired) electrons. The van der Waals surface area contributed by atoms with Gasteiger partial charge < -0.3 is 14.9 Å². The van der Waals surface area contributed by atoms with Crippen molar-refractivity contribution < 1.29 is 9.90 Å². The number of rotatable bonds is 5. The maximum atomic E-state index is 13.6. The Morgan fingerprint density at radius 3 is 2.28 bits per heavy atom. The molecule has 0 saturated carbocycles. The minimum Gasteiger partial charge on any atom is -0.372 e. The zero-order valence-corrected chi connectivity index (χ0v) is 18.7. The van der Waals surface area contributed by atoms with E-state index in [9.17, 15) is 9.90 Å². The van der Waals surface area contributed by atoms with Crippen LogP contribution < -0.4 is 14.9 Å². The lowest BCUT2D eigenvalue weighted by atomic mass is 9.87. The van der Waals surface area contributed by atoms with Gasteiger partial charge in [0.25, 0.3) is 5.91 Å². The quantitative estimate of drug-likeness (QED) is 0.569. The van der Waals surface area contributed by atoms with Gasteiger partial charge in [-0.25, -0.2) is 0 Å². The number of carbonyl (C=O) groups is 1. The molecule has 2 aliphatic rings. The molecule has 32 heavy (non-hydrogen) atoms. The Morgan fingerprint density at radius 2 is 1.59 bits per heavy atom. The molecule has 6 heteroatoms. The van der Waals surface area contributed by atoms with Gasteiger partial charge in [-0.05, 0) is 72.7 Å². The Kier molecular flexibility index (Phi) is 5.67. The number of piperidine rings is 1. The average Bonchev–Trinajstić information content (AvgIpc) is 3.08. The molecule has 0 bridgehead atoms. The molecule has 5 nitrogen and oxygen atoms in total. The van der Waals surface area contributed by atoms with Crippen LogP contribution >= 0.6 is 11.9 Å². The normalized spacial score (nSPS) is 20.5. The van der Waals surface area contributed by atoms with Gasteiger partial charge in [0.1, 0.15) is 0 Å². The number of fused-ring (bicyclic) bond motifs is 1. The topological polar surface area (TPSA) is 69.8 Å². The van der Waals surface area contributed by atoms with E-state index < -0.39 is 5.60 Å². The van der Waals surface area contributed by atoms with Gasteiger partial charge in [-0.15, -0.1) is 0 Å². The third kappa shape index (κ3) is 3.58. The third-order valence-electron chi connectivity index (χ3n) is 6.55. The molecule has 2 aliphatic heterocycles. The average molecular weight is 446 g/mol. The summed E-state index contributed by atoms with van der Waals surface area (Å²) >= 11 is 1.14. The van der Waals surface area contributed by atoms with Crippen LogP contribution in [0.3, 0.4) is 0 Å². The van der Waals surface area contributed by atoms with Crippen LogP contribution in [-0.4, -0.2) is 24.1 Å². The van der Waals surface area contributed by atoms with E-state index in [4.69, 9.17) is 5.14 Å². The predicted octanol–water partition coefficient (Wildman–Crippen LogP) is 4.43. The van der Waals surface area contributed by atoms with E-state index in [1.807, 2.05) is 36.4 Å². The summed E-state index contributed by atoms with van der Waals surface area (Å²) in [6.45, 7) is 2.62. The van der Waals surface area contributed by atoms with E-state index >= 15 is 0 Å². The maximum Gasteiger partial charge on any atom is 0.268 e. The van der Waals surface area contributed by atoms with E-state index in [0.29, 0.717) is 17.7 Å². The summed E-state index contributed by atoms with van der Waals surface area (Å²) in [5, 5.41) is 17.3. The molecule has 1 amide bonds. The van der Waals surface area contributed by atoms with Crippen LogP contribution in [0.15, 0.2) is 77.7 Å². The predicted molar refractivity (Wildman–Crippen MR) is 130 cm³/mol. The second-order valence-electron chi connectivity index (χ2n) is 8.48. The minimum absolute atomic E-state index is 0.327. The van der Waals surface area contributed by atoms with Crippen molar-refractivity contribution in [2.75, 3.05) is 22.9 Å². The summed E-state index contributed by atoms with van der Waals surface area (Å²) in [6.07, 6.45) is 3.79. The number of hydrogen-bond acceptors (Lipinski definition) is 5. The smallest absolute Gasteiger partial charge is 0.268 e. The first kappa shape index (κ1) is 21.1. The fraction of sp³-hybridized carbons (Fsp3) is 0.269. The first-order valence-electron chi connectivity index (χ1n) is 11.1. The summed E-state index contributed by atoms with van der Waals surface area (Å²) in [4.78, 5) is 18.6. The molecule has 1 fully saturated rings. The number of hydrogen-bond donors (Lipinski definition) is 2. The number of anilines is 2. The fourth-order valence-electron chi connectivity index (χ4n) is 4.79. The largest absolute Gasteiger partial charge is 0.372 e. The molecule has 1 unspecified atom stereocenters. The molecule has 0 spiro atoms. The van der Waals surface area contributed by atoms with Gasteiger partial charge >= 0.3 is 0 Å². The number of benzene rings is 3. The summed E-state index contributed by atoms with van der Waals surface area (Å²) in [6, 6.07) is 23.2. The van der Waals surface area contributed by atoms with Gasteiger partial charge in [0.15, 0.2) is 5.60 Å². The maximum absolute atomic E-state index is 13.6. The third-order valence-corrected chi connectivity index (χ3v) is 7.09. The monoisotopic (exact) mass is 445 g/mol. The van der Waals surface area contributed by atoms with Crippen LogP contribution in [0.1, 0.15) is 36.0 Å². The van der Waals surface area contributed by atoms with Crippen molar-refractivity contribution in [2.45, 2.75) is 36.3 Å². The van der Waals surface area contributed by atoms with Crippen molar-refractivity contribution in [1.29, 1.82) is 0 Å². The standard InChI is InChI=1S/C26H27N3O2S/c27-32-22-14-10-20(11-15-22)26(31)23-6-2-3-7-24(23)29(25(26)30)18-19-8-12-21(13-9-19)28-16-4-1-5-17-28/h2-3,6-15,31H,1,4-5,16-18,27H2. The fourth-order valence-corrected chi connectivity index (χ4v) is 5.09. The van der Waals surface area contributed by atoms with Crippen LogP contribution in [0.2, 0.25) is 0 Å². The summed E-state index contributed by atoms with van der Waals surface area (Å²) in [7, 11) is 0. The van der Waals surface area contributed by atoms with Gasteiger partial charge in [-0.2, -0.15) is 0 Å². The number of amides is 1. The molecule has 3 aromatic carbocycles. The lowest BCUT2D eigenvalue weighted by Crippen LogP contribution is -2.40. The van der Waals surface area contributed by atoms with Gasteiger partial charge in [-0.1, -0.05) is 42.5 Å².